The number of hydrogen-bond acceptors (Lipinski definition) is 1. The molecule has 2 heterocycles. The van der Waals surface area contributed by atoms with Crippen LogP contribution >= 0.6 is 11.6 Å². The van der Waals surface area contributed by atoms with E-state index in [4.69, 9.17) is 5.26 Å². The summed E-state index contributed by atoms with van der Waals surface area (Å²) in [4.78, 5) is 0. The highest BCUT2D eigenvalue weighted by Gasteiger charge is 2.90. The number of fused-ring (bicyclic) bond motifs is 3. The number of rotatable bonds is 6. The van der Waals surface area contributed by atoms with Gasteiger partial charge in [-0.05, 0) is 29.1 Å². The minimum atomic E-state index is -7.77. The van der Waals surface area contributed by atoms with E-state index >= 15 is 0 Å². The Morgan fingerprint density at radius 3 is 1.79 bits per heavy atom. The Balaban J connectivity index is 2.33. The molecule has 0 amide bonds. The number of nitrogens with zero attached hydrogens (tertiary/aromatic N) is 2. The number of benzene rings is 1. The van der Waals surface area contributed by atoms with Crippen molar-refractivity contribution in [3.05, 3.63) is 53.9 Å². The first kappa shape index (κ1) is 25.8. The van der Waals surface area contributed by atoms with Crippen LogP contribution in [0.5, 0.6) is 0 Å². The van der Waals surface area contributed by atoms with E-state index in [0.29, 0.717) is 4.40 Å². The standard InChI is InChI=1S/C19H7ClF12N2/c20-19(31,32)18(29,30)17(27,28)16(25,26)15(23,24)14(21,22)12-7-10(8-33)34-6-5-9-3-1-2-4-11(9)13(12)34/h1-7H. The molecule has 0 unspecified atom stereocenters. The van der Waals surface area contributed by atoms with Gasteiger partial charge in [-0.3, -0.25) is 0 Å². The van der Waals surface area contributed by atoms with Gasteiger partial charge in [0, 0.05) is 11.6 Å². The van der Waals surface area contributed by atoms with E-state index in [9.17, 15) is 52.7 Å². The molecule has 184 valence electrons. The predicted octanol–water partition coefficient (Wildman–Crippen LogP) is 7.43. The molecule has 3 aromatic rings. The maximum atomic E-state index is 14.9. The molecule has 1 aromatic carbocycles. The number of pyridine rings is 1. The van der Waals surface area contributed by atoms with Crippen LogP contribution in [0.15, 0.2) is 42.6 Å². The first-order chi connectivity index (χ1) is 15.3. The van der Waals surface area contributed by atoms with Crippen LogP contribution in [0.1, 0.15) is 11.3 Å². The van der Waals surface area contributed by atoms with Gasteiger partial charge in [-0.2, -0.15) is 57.9 Å². The summed E-state index contributed by atoms with van der Waals surface area (Å²) >= 11 is 3.69. The second-order valence-electron chi connectivity index (χ2n) is 7.05. The molecule has 0 atom stereocenters. The molecule has 0 aliphatic rings. The van der Waals surface area contributed by atoms with Gasteiger partial charge in [-0.25, -0.2) is 0 Å². The maximum Gasteiger partial charge on any atom is 0.393 e. The average Bonchev–Trinajstić information content (AvgIpc) is 3.12. The van der Waals surface area contributed by atoms with Crippen molar-refractivity contribution in [2.45, 2.75) is 35.0 Å². The molecule has 0 spiro atoms. The third-order valence-electron chi connectivity index (χ3n) is 5.04. The minimum absolute atomic E-state index is 0.0296. The summed E-state index contributed by atoms with van der Waals surface area (Å²) in [6.45, 7) is 0. The first-order valence-electron chi connectivity index (χ1n) is 8.66. The van der Waals surface area contributed by atoms with Gasteiger partial charge in [-0.1, -0.05) is 24.3 Å². The fraction of sp³-hybridized carbons (Fsp3) is 0.316. The van der Waals surface area contributed by atoms with Gasteiger partial charge in [0.25, 0.3) is 0 Å². The lowest BCUT2D eigenvalue weighted by molar-refractivity contribution is -0.419. The SMILES string of the molecule is N#Cc1cc(C(F)(F)C(F)(F)C(F)(F)C(F)(F)C(F)(F)C(F)(F)Cl)c2c3ccccc3ccn12. The number of halogens is 13. The summed E-state index contributed by atoms with van der Waals surface area (Å²) < 4.78 is 167. The van der Waals surface area contributed by atoms with Crippen LogP contribution in [0.25, 0.3) is 16.3 Å². The number of nitriles is 1. The number of hydrogen-bond donors (Lipinski definition) is 0. The Morgan fingerprint density at radius 1 is 0.735 bits per heavy atom. The summed E-state index contributed by atoms with van der Waals surface area (Å²) in [5.41, 5.74) is -3.95. The van der Waals surface area contributed by atoms with Gasteiger partial charge >= 0.3 is 35.0 Å². The Labute approximate surface area is 185 Å². The highest BCUT2D eigenvalue weighted by Crippen LogP contribution is 2.62. The van der Waals surface area contributed by atoms with Crippen molar-refractivity contribution in [1.29, 1.82) is 5.26 Å². The molecule has 2 aromatic heterocycles. The van der Waals surface area contributed by atoms with Crippen LogP contribution in [-0.2, 0) is 5.92 Å². The Hall–Kier alpha value is -2.82. The molecule has 0 saturated heterocycles. The zero-order chi connectivity index (χ0) is 26.1. The van der Waals surface area contributed by atoms with Gasteiger partial charge in [-0.15, -0.1) is 0 Å². The van der Waals surface area contributed by atoms with Crippen LogP contribution in [0, 0.1) is 11.3 Å². The Morgan fingerprint density at radius 2 is 1.26 bits per heavy atom. The van der Waals surface area contributed by atoms with E-state index < -0.39 is 51.8 Å². The summed E-state index contributed by atoms with van der Waals surface area (Å²) in [6.07, 6.45) is 0.906. The highest BCUT2D eigenvalue weighted by molar-refractivity contribution is 6.22. The largest absolute Gasteiger partial charge is 0.393 e. The smallest absolute Gasteiger partial charge is 0.307 e. The summed E-state index contributed by atoms with van der Waals surface area (Å²) in [5, 5.41) is 2.32. The van der Waals surface area contributed by atoms with E-state index in [0.717, 1.165) is 12.3 Å². The maximum absolute atomic E-state index is 14.9. The van der Waals surface area contributed by atoms with Crippen LogP contribution in [0.3, 0.4) is 0 Å². The Kier molecular flexibility index (Phi) is 5.57. The minimum Gasteiger partial charge on any atom is -0.307 e. The monoisotopic (exact) mass is 526 g/mol. The lowest BCUT2D eigenvalue weighted by Crippen LogP contribution is -2.69. The highest BCUT2D eigenvalue weighted by atomic mass is 35.5. The van der Waals surface area contributed by atoms with Crippen molar-refractivity contribution in [1.82, 2.24) is 4.40 Å². The van der Waals surface area contributed by atoms with Gasteiger partial charge in [0.15, 0.2) is 0 Å². The molecule has 0 saturated carbocycles. The van der Waals surface area contributed by atoms with E-state index in [1.54, 1.807) is 0 Å². The van der Waals surface area contributed by atoms with Crippen LogP contribution < -0.4 is 0 Å². The van der Waals surface area contributed by atoms with Crippen molar-refractivity contribution in [3.8, 4) is 6.07 Å². The lowest BCUT2D eigenvalue weighted by Gasteiger charge is -2.40. The first-order valence-corrected chi connectivity index (χ1v) is 9.04. The van der Waals surface area contributed by atoms with E-state index in [1.165, 1.54) is 30.3 Å². The lowest BCUT2D eigenvalue weighted by atomic mass is 9.90. The topological polar surface area (TPSA) is 28.2 Å². The molecular formula is C19H7ClF12N2. The molecule has 0 aliphatic carbocycles. The normalized spacial score (nSPS) is 14.6. The molecule has 0 aliphatic heterocycles. The molecule has 3 rings (SSSR count). The molecule has 0 fully saturated rings. The van der Waals surface area contributed by atoms with Crippen LogP contribution in [-0.4, -0.2) is 33.5 Å². The fourth-order valence-corrected chi connectivity index (χ4v) is 3.35. The van der Waals surface area contributed by atoms with Gasteiger partial charge in [0.1, 0.15) is 11.8 Å². The van der Waals surface area contributed by atoms with Gasteiger partial charge in [0.2, 0.25) is 0 Å². The molecular weight excluding hydrogens is 520 g/mol. The third kappa shape index (κ3) is 3.12. The fourth-order valence-electron chi connectivity index (χ4n) is 3.23. The summed E-state index contributed by atoms with van der Waals surface area (Å²) in [6, 6.07) is 7.36. The van der Waals surface area contributed by atoms with E-state index in [2.05, 4.69) is 11.6 Å². The number of aromatic nitrogens is 1. The van der Waals surface area contributed by atoms with Crippen molar-refractivity contribution in [2.75, 3.05) is 0 Å². The second kappa shape index (κ2) is 7.34. The van der Waals surface area contributed by atoms with Gasteiger partial charge in [0.05, 0.1) is 11.1 Å². The van der Waals surface area contributed by atoms with E-state index in [1.807, 2.05) is 0 Å². The number of alkyl halides is 13. The van der Waals surface area contributed by atoms with Crippen molar-refractivity contribution >= 4 is 27.9 Å². The van der Waals surface area contributed by atoms with Crippen LogP contribution in [0.4, 0.5) is 52.7 Å². The van der Waals surface area contributed by atoms with E-state index in [-0.39, 0.29) is 16.8 Å². The zero-order valence-electron chi connectivity index (χ0n) is 15.8. The van der Waals surface area contributed by atoms with Crippen LogP contribution in [0.2, 0.25) is 0 Å². The quantitative estimate of drug-likeness (QED) is 0.243. The molecule has 34 heavy (non-hydrogen) atoms. The van der Waals surface area contributed by atoms with Crippen molar-refractivity contribution in [3.63, 3.8) is 0 Å². The average molecular weight is 527 g/mol. The molecule has 15 heteroatoms. The second-order valence-corrected chi connectivity index (χ2v) is 7.52. The zero-order valence-corrected chi connectivity index (χ0v) is 16.6. The summed E-state index contributed by atoms with van der Waals surface area (Å²) in [7, 11) is 0. The Bertz CT molecular complexity index is 1300. The molecule has 0 N–H and O–H groups in total. The molecule has 2 nitrogen and oxygen atoms in total. The third-order valence-corrected chi connectivity index (χ3v) is 5.28. The van der Waals surface area contributed by atoms with Crippen molar-refractivity contribution in [2.24, 2.45) is 0 Å². The molecule has 0 bridgehead atoms. The predicted molar refractivity (Wildman–Crippen MR) is 94.1 cm³/mol. The van der Waals surface area contributed by atoms with Crippen molar-refractivity contribution < 1.29 is 52.7 Å². The summed E-state index contributed by atoms with van der Waals surface area (Å²) in [5.74, 6) is -36.7. The van der Waals surface area contributed by atoms with Gasteiger partial charge < -0.3 is 4.40 Å². The molecule has 0 radical (unpaired) electrons.